The largest absolute Gasteiger partial charge is 0.478 e. The lowest BCUT2D eigenvalue weighted by Gasteiger charge is -2.08. The average molecular weight is 351 g/mol. The SMILES string of the molecule is O=C(COc1ccc(C(=O)O)cc1[N+](=O)[O-])Nc1cccc(Cl)c1. The van der Waals surface area contributed by atoms with Crippen LogP contribution >= 0.6 is 11.6 Å². The number of aromatic carboxylic acids is 1. The van der Waals surface area contributed by atoms with Gasteiger partial charge in [0, 0.05) is 16.8 Å². The predicted molar refractivity (Wildman–Crippen MR) is 85.6 cm³/mol. The van der Waals surface area contributed by atoms with Crippen molar-refractivity contribution in [2.75, 3.05) is 11.9 Å². The van der Waals surface area contributed by atoms with E-state index in [4.69, 9.17) is 21.4 Å². The van der Waals surface area contributed by atoms with Gasteiger partial charge >= 0.3 is 11.7 Å². The Morgan fingerprint density at radius 3 is 2.62 bits per heavy atom. The molecule has 2 rings (SSSR count). The Bertz CT molecular complexity index is 808. The number of amides is 1. The van der Waals surface area contributed by atoms with Gasteiger partial charge in [-0.3, -0.25) is 14.9 Å². The number of nitrogens with one attached hydrogen (secondary N) is 1. The highest BCUT2D eigenvalue weighted by Gasteiger charge is 2.19. The van der Waals surface area contributed by atoms with Crippen LogP contribution in [0.15, 0.2) is 42.5 Å². The molecule has 0 aliphatic carbocycles. The Hall–Kier alpha value is -3.13. The number of carboxylic acids is 1. The number of ether oxygens (including phenoxy) is 1. The second-order valence-electron chi connectivity index (χ2n) is 4.59. The number of hydrogen-bond acceptors (Lipinski definition) is 5. The lowest BCUT2D eigenvalue weighted by molar-refractivity contribution is -0.385. The zero-order valence-corrected chi connectivity index (χ0v) is 12.8. The third kappa shape index (κ3) is 4.43. The van der Waals surface area contributed by atoms with E-state index in [2.05, 4.69) is 5.32 Å². The quantitative estimate of drug-likeness (QED) is 0.610. The molecule has 8 nitrogen and oxygen atoms in total. The number of nitrogens with zero attached hydrogens (tertiary/aromatic N) is 1. The summed E-state index contributed by atoms with van der Waals surface area (Å²) in [5.41, 5.74) is -0.338. The van der Waals surface area contributed by atoms with Crippen LogP contribution in [0, 0.1) is 10.1 Å². The van der Waals surface area contributed by atoms with Crippen molar-refractivity contribution in [1.82, 2.24) is 0 Å². The molecule has 2 N–H and O–H groups in total. The summed E-state index contributed by atoms with van der Waals surface area (Å²) in [5, 5.41) is 22.8. The van der Waals surface area contributed by atoms with Crippen LogP contribution in [0.2, 0.25) is 5.02 Å². The van der Waals surface area contributed by atoms with Crippen molar-refractivity contribution >= 4 is 34.9 Å². The number of carbonyl (C=O) groups excluding carboxylic acids is 1. The lowest BCUT2D eigenvalue weighted by Crippen LogP contribution is -2.20. The molecule has 0 bridgehead atoms. The lowest BCUT2D eigenvalue weighted by atomic mass is 10.2. The van der Waals surface area contributed by atoms with E-state index >= 15 is 0 Å². The molecular weight excluding hydrogens is 340 g/mol. The minimum Gasteiger partial charge on any atom is -0.478 e. The highest BCUT2D eigenvalue weighted by molar-refractivity contribution is 6.30. The summed E-state index contributed by atoms with van der Waals surface area (Å²) in [6.45, 7) is -0.486. The summed E-state index contributed by atoms with van der Waals surface area (Å²) < 4.78 is 5.12. The van der Waals surface area contributed by atoms with Crippen LogP contribution in [-0.4, -0.2) is 28.5 Å². The van der Waals surface area contributed by atoms with Gasteiger partial charge in [0.2, 0.25) is 0 Å². The summed E-state index contributed by atoms with van der Waals surface area (Å²) >= 11 is 5.79. The maximum absolute atomic E-state index is 11.8. The second-order valence-corrected chi connectivity index (χ2v) is 5.03. The third-order valence-corrected chi connectivity index (χ3v) is 3.10. The summed E-state index contributed by atoms with van der Waals surface area (Å²) in [5.74, 6) is -2.05. The molecule has 0 radical (unpaired) electrons. The Balaban J connectivity index is 2.07. The van der Waals surface area contributed by atoms with Gasteiger partial charge in [-0.15, -0.1) is 0 Å². The molecule has 2 aromatic rings. The van der Waals surface area contributed by atoms with Crippen molar-refractivity contribution in [3.05, 3.63) is 63.2 Å². The van der Waals surface area contributed by atoms with E-state index < -0.39 is 29.1 Å². The number of rotatable bonds is 6. The highest BCUT2D eigenvalue weighted by Crippen LogP contribution is 2.28. The Kier molecular flexibility index (Phi) is 5.33. The molecular formula is C15H11ClN2O6. The van der Waals surface area contributed by atoms with E-state index in [-0.39, 0.29) is 11.3 Å². The van der Waals surface area contributed by atoms with Gasteiger partial charge in [0.25, 0.3) is 5.91 Å². The molecule has 1 amide bonds. The molecule has 2 aromatic carbocycles. The fourth-order valence-corrected chi connectivity index (χ4v) is 2.01. The second kappa shape index (κ2) is 7.42. The van der Waals surface area contributed by atoms with Crippen LogP contribution in [0.3, 0.4) is 0 Å². The van der Waals surface area contributed by atoms with Crippen LogP contribution < -0.4 is 10.1 Å². The normalized spacial score (nSPS) is 10.0. The van der Waals surface area contributed by atoms with Crippen LogP contribution in [0.1, 0.15) is 10.4 Å². The first-order valence-electron chi connectivity index (χ1n) is 6.57. The molecule has 0 aliphatic heterocycles. The molecule has 0 atom stereocenters. The van der Waals surface area contributed by atoms with E-state index in [1.165, 1.54) is 6.07 Å². The topological polar surface area (TPSA) is 119 Å². The van der Waals surface area contributed by atoms with Crippen molar-refractivity contribution in [2.45, 2.75) is 0 Å². The maximum atomic E-state index is 11.8. The van der Waals surface area contributed by atoms with Gasteiger partial charge < -0.3 is 15.2 Å². The van der Waals surface area contributed by atoms with Gasteiger partial charge in [-0.25, -0.2) is 4.79 Å². The first-order valence-corrected chi connectivity index (χ1v) is 6.94. The van der Waals surface area contributed by atoms with Gasteiger partial charge in [0.05, 0.1) is 10.5 Å². The van der Waals surface area contributed by atoms with Gasteiger partial charge in [0.15, 0.2) is 12.4 Å². The summed E-state index contributed by atoms with van der Waals surface area (Å²) in [6.07, 6.45) is 0. The minimum absolute atomic E-state index is 0.203. The molecule has 9 heteroatoms. The van der Waals surface area contributed by atoms with Crippen molar-refractivity contribution in [3.8, 4) is 5.75 Å². The van der Waals surface area contributed by atoms with Crippen molar-refractivity contribution in [3.63, 3.8) is 0 Å². The molecule has 0 aliphatic rings. The van der Waals surface area contributed by atoms with E-state index in [1.54, 1.807) is 18.2 Å². The number of anilines is 1. The monoisotopic (exact) mass is 350 g/mol. The van der Waals surface area contributed by atoms with E-state index in [0.717, 1.165) is 18.2 Å². The molecule has 0 spiro atoms. The van der Waals surface area contributed by atoms with Gasteiger partial charge in [-0.05, 0) is 30.3 Å². The van der Waals surface area contributed by atoms with Crippen LogP contribution in [0.5, 0.6) is 5.75 Å². The Labute approximate surface area is 140 Å². The Morgan fingerprint density at radius 1 is 1.25 bits per heavy atom. The number of halogens is 1. The number of nitro benzene ring substituents is 1. The standard InChI is InChI=1S/C15H11ClN2O6/c16-10-2-1-3-11(7-10)17-14(19)8-24-13-5-4-9(15(20)21)6-12(13)18(22)23/h1-7H,8H2,(H,17,19)(H,20,21). The smallest absolute Gasteiger partial charge is 0.335 e. The van der Waals surface area contributed by atoms with Gasteiger partial charge in [-0.1, -0.05) is 17.7 Å². The zero-order chi connectivity index (χ0) is 17.7. The van der Waals surface area contributed by atoms with Crippen molar-refractivity contribution in [2.24, 2.45) is 0 Å². The summed E-state index contributed by atoms with van der Waals surface area (Å²) in [7, 11) is 0. The highest BCUT2D eigenvalue weighted by atomic mass is 35.5. The van der Waals surface area contributed by atoms with Crippen molar-refractivity contribution in [1.29, 1.82) is 0 Å². The van der Waals surface area contributed by atoms with Crippen molar-refractivity contribution < 1.29 is 24.4 Å². The minimum atomic E-state index is -1.30. The van der Waals surface area contributed by atoms with Gasteiger partial charge in [0.1, 0.15) is 0 Å². The number of benzene rings is 2. The third-order valence-electron chi connectivity index (χ3n) is 2.87. The summed E-state index contributed by atoms with van der Waals surface area (Å²) in [4.78, 5) is 32.9. The van der Waals surface area contributed by atoms with E-state index in [1.807, 2.05) is 0 Å². The number of hydrogen-bond donors (Lipinski definition) is 2. The van der Waals surface area contributed by atoms with Gasteiger partial charge in [-0.2, -0.15) is 0 Å². The molecule has 0 saturated carbocycles. The molecule has 0 fully saturated rings. The molecule has 0 saturated heterocycles. The Morgan fingerprint density at radius 2 is 2.00 bits per heavy atom. The molecule has 0 unspecified atom stereocenters. The molecule has 24 heavy (non-hydrogen) atoms. The molecule has 0 aromatic heterocycles. The number of carbonyl (C=O) groups is 2. The molecule has 124 valence electrons. The first kappa shape index (κ1) is 17.2. The number of carboxylic acid groups (broad SMARTS) is 1. The van der Waals surface area contributed by atoms with Crippen LogP contribution in [0.4, 0.5) is 11.4 Å². The predicted octanol–water partition coefficient (Wildman–Crippen LogP) is 2.96. The maximum Gasteiger partial charge on any atom is 0.335 e. The number of nitro groups is 1. The molecule has 0 heterocycles. The van der Waals surface area contributed by atoms with Crippen LogP contribution in [-0.2, 0) is 4.79 Å². The van der Waals surface area contributed by atoms with Crippen LogP contribution in [0.25, 0.3) is 0 Å². The fourth-order valence-electron chi connectivity index (χ4n) is 1.82. The zero-order valence-electron chi connectivity index (χ0n) is 12.1. The first-order chi connectivity index (χ1) is 11.4. The average Bonchev–Trinajstić information content (AvgIpc) is 2.52. The van der Waals surface area contributed by atoms with E-state index in [9.17, 15) is 19.7 Å². The fraction of sp³-hybridized carbons (Fsp3) is 0.0667. The summed E-state index contributed by atoms with van der Waals surface area (Å²) in [6, 6.07) is 9.59. The van der Waals surface area contributed by atoms with E-state index in [0.29, 0.717) is 10.7 Å².